The van der Waals surface area contributed by atoms with E-state index in [0.717, 1.165) is 12.1 Å². The molecule has 0 amide bonds. The van der Waals surface area contributed by atoms with Gasteiger partial charge in [0.15, 0.2) is 0 Å². The molecule has 21 heavy (non-hydrogen) atoms. The molecule has 0 heterocycles. The van der Waals surface area contributed by atoms with Crippen molar-refractivity contribution in [1.29, 1.82) is 0 Å². The van der Waals surface area contributed by atoms with Gasteiger partial charge in [-0.05, 0) is 50.7 Å². The summed E-state index contributed by atoms with van der Waals surface area (Å²) in [4.78, 5) is 2.30. The highest BCUT2D eigenvalue weighted by molar-refractivity contribution is 7.89. The first-order chi connectivity index (χ1) is 9.74. The number of hydrogen-bond acceptors (Lipinski definition) is 4. The summed E-state index contributed by atoms with van der Waals surface area (Å²) in [5.41, 5.74) is 0.890. The Balaban J connectivity index is 2.88. The Morgan fingerprint density at radius 1 is 1.14 bits per heavy atom. The fraction of sp³-hybridized carbons (Fsp3) is 0.600. The van der Waals surface area contributed by atoms with Crippen molar-refractivity contribution in [2.75, 3.05) is 33.0 Å². The molecule has 0 aliphatic heterocycles. The van der Waals surface area contributed by atoms with Crippen LogP contribution in [0.3, 0.4) is 0 Å². The number of benzene rings is 1. The highest BCUT2D eigenvalue weighted by Crippen LogP contribution is 2.15. The van der Waals surface area contributed by atoms with Crippen LogP contribution in [-0.4, -0.2) is 47.0 Å². The van der Waals surface area contributed by atoms with Crippen LogP contribution in [0.2, 0.25) is 0 Å². The molecule has 1 unspecified atom stereocenters. The van der Waals surface area contributed by atoms with E-state index in [2.05, 4.69) is 23.9 Å². The van der Waals surface area contributed by atoms with Gasteiger partial charge in [0.05, 0.1) is 4.90 Å². The zero-order chi connectivity index (χ0) is 16.0. The Morgan fingerprint density at radius 2 is 1.71 bits per heavy atom. The summed E-state index contributed by atoms with van der Waals surface area (Å²) in [5, 5.41) is 2.98. The number of likely N-dealkylation sites (N-methyl/N-ethyl adjacent to an activating group) is 1. The lowest BCUT2D eigenvalue weighted by molar-refractivity contribution is 0.329. The molecule has 0 aliphatic carbocycles. The van der Waals surface area contributed by atoms with Crippen molar-refractivity contribution < 1.29 is 8.42 Å². The molecule has 2 N–H and O–H groups in total. The van der Waals surface area contributed by atoms with E-state index in [1.807, 2.05) is 19.0 Å². The van der Waals surface area contributed by atoms with Gasteiger partial charge >= 0.3 is 0 Å². The number of anilines is 1. The molecule has 6 heteroatoms. The maximum Gasteiger partial charge on any atom is 0.240 e. The maximum absolute atomic E-state index is 12.5. The second-order valence-electron chi connectivity index (χ2n) is 5.98. The Labute approximate surface area is 128 Å². The molecule has 0 saturated heterocycles. The van der Waals surface area contributed by atoms with E-state index in [-0.39, 0.29) is 6.04 Å². The molecule has 1 aromatic rings. The van der Waals surface area contributed by atoms with Crippen molar-refractivity contribution in [2.24, 2.45) is 5.92 Å². The Hall–Kier alpha value is -1.11. The highest BCUT2D eigenvalue weighted by Gasteiger charge is 2.21. The van der Waals surface area contributed by atoms with E-state index in [0.29, 0.717) is 17.4 Å². The first kappa shape index (κ1) is 17.9. The zero-order valence-corrected chi connectivity index (χ0v) is 14.4. The molecule has 0 radical (unpaired) electrons. The summed E-state index contributed by atoms with van der Waals surface area (Å²) in [6.45, 7) is 4.88. The molecule has 0 aromatic heterocycles. The molecular formula is C15H27N3O2S. The van der Waals surface area contributed by atoms with Crippen LogP contribution >= 0.6 is 0 Å². The first-order valence-electron chi connectivity index (χ1n) is 7.19. The monoisotopic (exact) mass is 313 g/mol. The minimum atomic E-state index is -3.48. The maximum atomic E-state index is 12.5. The summed E-state index contributed by atoms with van der Waals surface area (Å²) >= 11 is 0. The van der Waals surface area contributed by atoms with Crippen molar-refractivity contribution in [1.82, 2.24) is 9.62 Å². The van der Waals surface area contributed by atoms with Gasteiger partial charge in [0.25, 0.3) is 0 Å². The van der Waals surface area contributed by atoms with Gasteiger partial charge in [-0.15, -0.1) is 0 Å². The SMILES string of the molecule is CNc1ccc(S(=O)(=O)NC(CC(C)C)CN(C)C)cc1. The largest absolute Gasteiger partial charge is 0.388 e. The second kappa shape index (κ2) is 7.77. The smallest absolute Gasteiger partial charge is 0.240 e. The molecule has 1 atom stereocenters. The Morgan fingerprint density at radius 3 is 2.14 bits per heavy atom. The van der Waals surface area contributed by atoms with Crippen molar-refractivity contribution in [2.45, 2.75) is 31.2 Å². The van der Waals surface area contributed by atoms with E-state index in [9.17, 15) is 8.42 Å². The van der Waals surface area contributed by atoms with Crippen LogP contribution in [0.4, 0.5) is 5.69 Å². The van der Waals surface area contributed by atoms with Gasteiger partial charge in [-0.2, -0.15) is 0 Å². The van der Waals surface area contributed by atoms with E-state index in [4.69, 9.17) is 0 Å². The number of sulfonamides is 1. The average Bonchev–Trinajstić information content (AvgIpc) is 2.36. The molecule has 0 bridgehead atoms. The summed E-state index contributed by atoms with van der Waals surface area (Å²) in [5.74, 6) is 0.435. The fourth-order valence-corrected chi connectivity index (χ4v) is 3.50. The van der Waals surface area contributed by atoms with Crippen molar-refractivity contribution in [3.63, 3.8) is 0 Å². The van der Waals surface area contributed by atoms with Gasteiger partial charge in [-0.25, -0.2) is 13.1 Å². The van der Waals surface area contributed by atoms with Gasteiger partial charge in [0, 0.05) is 25.3 Å². The molecule has 5 nitrogen and oxygen atoms in total. The Kier molecular flexibility index (Phi) is 6.64. The van der Waals surface area contributed by atoms with E-state index < -0.39 is 10.0 Å². The summed E-state index contributed by atoms with van der Waals surface area (Å²) in [6, 6.07) is 6.68. The first-order valence-corrected chi connectivity index (χ1v) is 8.67. The van der Waals surface area contributed by atoms with Gasteiger partial charge in [-0.3, -0.25) is 0 Å². The number of nitrogens with zero attached hydrogens (tertiary/aromatic N) is 1. The van der Waals surface area contributed by atoms with Crippen LogP contribution in [0.25, 0.3) is 0 Å². The van der Waals surface area contributed by atoms with Crippen molar-refractivity contribution in [3.05, 3.63) is 24.3 Å². The molecule has 1 aromatic carbocycles. The summed E-state index contributed by atoms with van der Waals surface area (Å²) in [7, 11) is 2.22. The minimum Gasteiger partial charge on any atom is -0.388 e. The lowest BCUT2D eigenvalue weighted by atomic mass is 10.0. The van der Waals surface area contributed by atoms with Crippen LogP contribution in [0.5, 0.6) is 0 Å². The molecule has 1 rings (SSSR count). The summed E-state index contributed by atoms with van der Waals surface area (Å²) < 4.78 is 27.7. The average molecular weight is 313 g/mol. The van der Waals surface area contributed by atoms with Gasteiger partial charge < -0.3 is 10.2 Å². The number of hydrogen-bond donors (Lipinski definition) is 2. The second-order valence-corrected chi connectivity index (χ2v) is 7.70. The van der Waals surface area contributed by atoms with Gasteiger partial charge in [-0.1, -0.05) is 13.8 Å². The van der Waals surface area contributed by atoms with E-state index in [1.54, 1.807) is 31.3 Å². The predicted octanol–water partition coefficient (Wildman–Crippen LogP) is 1.98. The van der Waals surface area contributed by atoms with Crippen LogP contribution in [-0.2, 0) is 10.0 Å². The third-order valence-corrected chi connectivity index (χ3v) is 4.65. The number of nitrogens with one attached hydrogen (secondary N) is 2. The van der Waals surface area contributed by atoms with Crippen LogP contribution in [0, 0.1) is 5.92 Å². The molecule has 0 spiro atoms. The van der Waals surface area contributed by atoms with Crippen LogP contribution < -0.4 is 10.0 Å². The standard InChI is InChI=1S/C15H27N3O2S/c1-12(2)10-14(11-18(4)5)17-21(19,20)15-8-6-13(16-3)7-9-15/h6-9,12,14,16-17H,10-11H2,1-5H3. The lowest BCUT2D eigenvalue weighted by Gasteiger charge is -2.23. The van der Waals surface area contributed by atoms with Crippen molar-refractivity contribution in [3.8, 4) is 0 Å². The van der Waals surface area contributed by atoms with Crippen LogP contribution in [0.15, 0.2) is 29.2 Å². The molecule has 0 aliphatic rings. The topological polar surface area (TPSA) is 61.4 Å². The van der Waals surface area contributed by atoms with E-state index >= 15 is 0 Å². The zero-order valence-electron chi connectivity index (χ0n) is 13.6. The number of rotatable bonds is 8. The van der Waals surface area contributed by atoms with Gasteiger partial charge in [0.2, 0.25) is 10.0 Å². The third-order valence-electron chi connectivity index (χ3n) is 3.12. The quantitative estimate of drug-likeness (QED) is 0.770. The minimum absolute atomic E-state index is 0.0889. The third kappa shape index (κ3) is 6.03. The molecule has 0 saturated carbocycles. The summed E-state index contributed by atoms with van der Waals surface area (Å²) in [6.07, 6.45) is 0.812. The lowest BCUT2D eigenvalue weighted by Crippen LogP contribution is -2.42. The van der Waals surface area contributed by atoms with E-state index in [1.165, 1.54) is 0 Å². The molecular weight excluding hydrogens is 286 g/mol. The molecule has 120 valence electrons. The predicted molar refractivity (Wildman–Crippen MR) is 88.1 cm³/mol. The van der Waals surface area contributed by atoms with Crippen LogP contribution in [0.1, 0.15) is 20.3 Å². The van der Waals surface area contributed by atoms with Gasteiger partial charge in [0.1, 0.15) is 0 Å². The normalized spacial score (nSPS) is 13.7. The van der Waals surface area contributed by atoms with Crippen molar-refractivity contribution >= 4 is 15.7 Å². The Bertz CT molecular complexity index is 514. The highest BCUT2D eigenvalue weighted by atomic mass is 32.2. The fourth-order valence-electron chi connectivity index (χ4n) is 2.26. The molecule has 0 fully saturated rings.